The van der Waals surface area contributed by atoms with E-state index in [9.17, 15) is 4.79 Å². The first kappa shape index (κ1) is 21.9. The van der Waals surface area contributed by atoms with Crippen molar-refractivity contribution in [3.05, 3.63) is 66.0 Å². The molecular weight excluding hydrogens is 400 g/mol. The Morgan fingerprint density at radius 1 is 1.03 bits per heavy atom. The van der Waals surface area contributed by atoms with Gasteiger partial charge < -0.3 is 19.4 Å². The number of nitrogens with zero attached hydrogens (tertiary/aromatic N) is 3. The summed E-state index contributed by atoms with van der Waals surface area (Å²) in [5.74, 6) is 1.62. The molecule has 7 nitrogen and oxygen atoms in total. The number of nitrogens with one attached hydrogen (secondary N) is 1. The first-order chi connectivity index (χ1) is 14.7. The number of benzene rings is 2. The van der Waals surface area contributed by atoms with Gasteiger partial charge in [-0.05, 0) is 24.1 Å². The van der Waals surface area contributed by atoms with Gasteiger partial charge in [0.15, 0.2) is 5.16 Å². The third kappa shape index (κ3) is 6.08. The summed E-state index contributed by atoms with van der Waals surface area (Å²) >= 11 is 1.36. The maximum Gasteiger partial charge on any atom is 0.234 e. The van der Waals surface area contributed by atoms with E-state index in [2.05, 4.69) is 27.6 Å². The number of thioether (sulfide) groups is 1. The third-order valence-electron chi connectivity index (χ3n) is 4.51. The number of methoxy groups -OCH3 is 2. The molecule has 0 saturated carbocycles. The third-order valence-corrected chi connectivity index (χ3v) is 5.47. The average Bonchev–Trinajstić information content (AvgIpc) is 3.17. The summed E-state index contributed by atoms with van der Waals surface area (Å²) < 4.78 is 12.6. The number of para-hydroxylation sites is 2. The fraction of sp³-hybridized carbons (Fsp3) is 0.318. The molecule has 0 atom stereocenters. The number of hydrogen-bond acceptors (Lipinski definition) is 6. The summed E-state index contributed by atoms with van der Waals surface area (Å²) in [6, 6.07) is 17.6. The van der Waals surface area contributed by atoms with Gasteiger partial charge in [-0.1, -0.05) is 54.2 Å². The van der Waals surface area contributed by atoms with E-state index in [1.54, 1.807) is 14.2 Å². The summed E-state index contributed by atoms with van der Waals surface area (Å²) in [6.45, 7) is 1.20. The molecule has 0 saturated heterocycles. The van der Waals surface area contributed by atoms with Crippen LogP contribution < -0.4 is 10.1 Å². The lowest BCUT2D eigenvalue weighted by atomic mass is 10.1. The average molecular weight is 427 g/mol. The molecular formula is C22H26N4O3S. The number of amides is 1. The van der Waals surface area contributed by atoms with Crippen molar-refractivity contribution in [1.29, 1.82) is 0 Å². The SMILES string of the molecule is COCCn1c(CCc2ccccc2)nnc1SCC(=O)Nc1ccccc1OC. The van der Waals surface area contributed by atoms with Crippen LogP contribution in [0.4, 0.5) is 5.69 Å². The van der Waals surface area contributed by atoms with Crippen molar-refractivity contribution >= 4 is 23.4 Å². The van der Waals surface area contributed by atoms with Crippen molar-refractivity contribution < 1.29 is 14.3 Å². The smallest absolute Gasteiger partial charge is 0.234 e. The Kier molecular flexibility index (Phi) is 8.29. The van der Waals surface area contributed by atoms with Crippen LogP contribution in [0, 0.1) is 0 Å². The van der Waals surface area contributed by atoms with Crippen LogP contribution in [0.3, 0.4) is 0 Å². The van der Waals surface area contributed by atoms with E-state index >= 15 is 0 Å². The molecule has 1 aromatic heterocycles. The quantitative estimate of drug-likeness (QED) is 0.473. The molecule has 1 N–H and O–H groups in total. The van der Waals surface area contributed by atoms with E-state index in [1.165, 1.54) is 17.3 Å². The minimum atomic E-state index is -0.128. The Morgan fingerprint density at radius 3 is 2.57 bits per heavy atom. The predicted octanol–water partition coefficient (Wildman–Crippen LogP) is 3.45. The number of aromatic nitrogens is 3. The zero-order valence-electron chi connectivity index (χ0n) is 17.2. The Morgan fingerprint density at radius 2 is 1.80 bits per heavy atom. The minimum absolute atomic E-state index is 0.128. The highest BCUT2D eigenvalue weighted by atomic mass is 32.2. The number of ether oxygens (including phenoxy) is 2. The molecule has 158 valence electrons. The normalized spacial score (nSPS) is 10.7. The lowest BCUT2D eigenvalue weighted by Crippen LogP contribution is -2.16. The highest BCUT2D eigenvalue weighted by Gasteiger charge is 2.15. The van der Waals surface area contributed by atoms with Crippen molar-refractivity contribution in [3.8, 4) is 5.75 Å². The number of anilines is 1. The zero-order valence-corrected chi connectivity index (χ0v) is 18.0. The van der Waals surface area contributed by atoms with Gasteiger partial charge >= 0.3 is 0 Å². The van der Waals surface area contributed by atoms with Crippen LogP contribution in [0.1, 0.15) is 11.4 Å². The van der Waals surface area contributed by atoms with Gasteiger partial charge in [0.05, 0.1) is 25.2 Å². The van der Waals surface area contributed by atoms with E-state index < -0.39 is 0 Å². The highest BCUT2D eigenvalue weighted by Crippen LogP contribution is 2.24. The molecule has 2 aromatic carbocycles. The predicted molar refractivity (Wildman–Crippen MR) is 118 cm³/mol. The second-order valence-electron chi connectivity index (χ2n) is 6.57. The van der Waals surface area contributed by atoms with Crippen molar-refractivity contribution in [2.75, 3.05) is 31.9 Å². The number of carbonyl (C=O) groups is 1. The maximum absolute atomic E-state index is 12.4. The van der Waals surface area contributed by atoms with Gasteiger partial charge in [-0.2, -0.15) is 0 Å². The monoisotopic (exact) mass is 426 g/mol. The van der Waals surface area contributed by atoms with Gasteiger partial charge in [0.25, 0.3) is 0 Å². The van der Waals surface area contributed by atoms with Crippen LogP contribution in [0.2, 0.25) is 0 Å². The molecule has 0 radical (unpaired) electrons. The molecule has 1 heterocycles. The molecule has 0 spiro atoms. The van der Waals surface area contributed by atoms with E-state index in [0.29, 0.717) is 29.7 Å². The summed E-state index contributed by atoms with van der Waals surface area (Å²) in [7, 11) is 3.25. The molecule has 0 aliphatic rings. The summed E-state index contributed by atoms with van der Waals surface area (Å²) in [6.07, 6.45) is 1.65. The summed E-state index contributed by atoms with van der Waals surface area (Å²) in [4.78, 5) is 12.4. The molecule has 1 amide bonds. The van der Waals surface area contributed by atoms with E-state index in [-0.39, 0.29) is 11.7 Å². The largest absolute Gasteiger partial charge is 0.495 e. The molecule has 0 aliphatic carbocycles. The van der Waals surface area contributed by atoms with Crippen LogP contribution in [0.5, 0.6) is 5.75 Å². The van der Waals surface area contributed by atoms with Crippen molar-refractivity contribution in [2.45, 2.75) is 24.5 Å². The van der Waals surface area contributed by atoms with Gasteiger partial charge in [-0.3, -0.25) is 4.79 Å². The second-order valence-corrected chi connectivity index (χ2v) is 7.51. The zero-order chi connectivity index (χ0) is 21.2. The van der Waals surface area contributed by atoms with Crippen LogP contribution >= 0.6 is 11.8 Å². The minimum Gasteiger partial charge on any atom is -0.495 e. The fourth-order valence-electron chi connectivity index (χ4n) is 2.98. The van der Waals surface area contributed by atoms with Gasteiger partial charge in [0.1, 0.15) is 11.6 Å². The first-order valence-corrected chi connectivity index (χ1v) is 10.7. The molecule has 8 heteroatoms. The molecule has 3 aromatic rings. The topological polar surface area (TPSA) is 78.3 Å². The molecule has 0 aliphatic heterocycles. The number of rotatable bonds is 11. The standard InChI is InChI=1S/C22H26N4O3S/c1-28-15-14-26-20(13-12-17-8-4-3-5-9-17)24-25-22(26)30-16-21(27)23-18-10-6-7-11-19(18)29-2/h3-11H,12-16H2,1-2H3,(H,23,27). The van der Waals surface area contributed by atoms with Crippen LogP contribution in [-0.2, 0) is 28.9 Å². The van der Waals surface area contributed by atoms with Crippen LogP contribution in [-0.4, -0.2) is 47.3 Å². The van der Waals surface area contributed by atoms with Crippen LogP contribution in [0.25, 0.3) is 0 Å². The van der Waals surface area contributed by atoms with Crippen molar-refractivity contribution in [1.82, 2.24) is 14.8 Å². The first-order valence-electron chi connectivity index (χ1n) is 9.72. The van der Waals surface area contributed by atoms with Crippen molar-refractivity contribution in [3.63, 3.8) is 0 Å². The maximum atomic E-state index is 12.4. The number of aryl methyl sites for hydroxylation is 2. The Bertz CT molecular complexity index is 947. The van der Waals surface area contributed by atoms with E-state index in [1.807, 2.05) is 47.0 Å². The highest BCUT2D eigenvalue weighted by molar-refractivity contribution is 7.99. The molecule has 3 rings (SSSR count). The van der Waals surface area contributed by atoms with Gasteiger partial charge in [0.2, 0.25) is 5.91 Å². The van der Waals surface area contributed by atoms with Crippen LogP contribution in [0.15, 0.2) is 59.8 Å². The van der Waals surface area contributed by atoms with Gasteiger partial charge in [-0.15, -0.1) is 10.2 Å². The van der Waals surface area contributed by atoms with Crippen molar-refractivity contribution in [2.24, 2.45) is 0 Å². The van der Waals surface area contributed by atoms with E-state index in [0.717, 1.165) is 18.7 Å². The second kappa shape index (κ2) is 11.4. The molecule has 30 heavy (non-hydrogen) atoms. The summed E-state index contributed by atoms with van der Waals surface area (Å²) in [5, 5.41) is 12.3. The Labute approximate surface area is 180 Å². The van der Waals surface area contributed by atoms with Gasteiger partial charge in [0, 0.05) is 20.1 Å². The van der Waals surface area contributed by atoms with Gasteiger partial charge in [-0.25, -0.2) is 0 Å². The molecule has 0 unspecified atom stereocenters. The molecule has 0 bridgehead atoms. The number of carbonyl (C=O) groups excluding carboxylic acids is 1. The molecule has 0 fully saturated rings. The summed E-state index contributed by atoms with van der Waals surface area (Å²) in [5.41, 5.74) is 1.90. The Balaban J connectivity index is 1.62. The Hall–Kier alpha value is -2.84. The number of hydrogen-bond donors (Lipinski definition) is 1. The lowest BCUT2D eigenvalue weighted by molar-refractivity contribution is -0.113. The lowest BCUT2D eigenvalue weighted by Gasteiger charge is -2.11. The fourth-order valence-corrected chi connectivity index (χ4v) is 3.77. The van der Waals surface area contributed by atoms with E-state index in [4.69, 9.17) is 9.47 Å².